The predicted molar refractivity (Wildman–Crippen MR) is 150 cm³/mol. The molecule has 4 radical (unpaired) electrons. The third kappa shape index (κ3) is 10.3. The zero-order valence-electron chi connectivity index (χ0n) is 23.0. The highest BCUT2D eigenvalue weighted by Crippen LogP contribution is 2.21. The number of nitrogens with two attached hydrogens (primary N) is 1. The van der Waals surface area contributed by atoms with Crippen molar-refractivity contribution in [2.75, 3.05) is 32.0 Å². The van der Waals surface area contributed by atoms with Crippen LogP contribution in [0.5, 0.6) is 0 Å². The Kier molecular flexibility index (Phi) is 11.6. The molecule has 0 saturated carbocycles. The number of hydrogen-bond acceptors (Lipinski definition) is 11. The molecule has 16 heteroatoms. The number of benzene rings is 1. The Balaban J connectivity index is 1.90. The quantitative estimate of drug-likeness (QED) is 0.0735. The maximum absolute atomic E-state index is 12.3. The van der Waals surface area contributed by atoms with Gasteiger partial charge in [0.1, 0.15) is 0 Å². The minimum absolute atomic E-state index is 0.0412. The van der Waals surface area contributed by atoms with Gasteiger partial charge < -0.3 is 41.7 Å². The van der Waals surface area contributed by atoms with Crippen LogP contribution in [0.25, 0.3) is 0 Å². The molecule has 0 aliphatic heterocycles. The van der Waals surface area contributed by atoms with Crippen molar-refractivity contribution in [1.82, 2.24) is 25.1 Å². The first-order chi connectivity index (χ1) is 19.0. The van der Waals surface area contributed by atoms with Crippen LogP contribution in [0.15, 0.2) is 36.4 Å². The van der Waals surface area contributed by atoms with E-state index >= 15 is 0 Å². The van der Waals surface area contributed by atoms with Crippen LogP contribution in [0.3, 0.4) is 0 Å². The molecule has 0 aliphatic carbocycles. The topological polar surface area (TPSA) is 214 Å². The van der Waals surface area contributed by atoms with Crippen molar-refractivity contribution in [1.29, 1.82) is 0 Å². The Morgan fingerprint density at radius 3 is 2.37 bits per heavy atom. The molecule has 8 N–H and O–H groups in total. The number of carbonyl (C=O) groups is 3. The van der Waals surface area contributed by atoms with E-state index in [2.05, 4.69) is 20.6 Å². The Morgan fingerprint density at radius 1 is 1.12 bits per heavy atom. The first-order valence-corrected chi connectivity index (χ1v) is 12.5. The number of hydrogen-bond donors (Lipinski definition) is 7. The van der Waals surface area contributed by atoms with E-state index in [9.17, 15) is 34.8 Å². The summed E-state index contributed by atoms with van der Waals surface area (Å²) >= 11 is 0. The van der Waals surface area contributed by atoms with E-state index in [-0.39, 0.29) is 29.5 Å². The lowest BCUT2D eigenvalue weighted by Gasteiger charge is -2.40. The third-order valence-corrected chi connectivity index (χ3v) is 5.76. The van der Waals surface area contributed by atoms with Crippen molar-refractivity contribution < 1.29 is 34.8 Å². The smallest absolute Gasteiger partial charge is 0.271 e. The van der Waals surface area contributed by atoms with Gasteiger partial charge in [0, 0.05) is 31.9 Å². The molecule has 216 valence electrons. The molecule has 0 atom stereocenters. The molecule has 1 heterocycles. The number of anilines is 2. The minimum Gasteiger partial charge on any atom is -0.364 e. The standard InChI is InChI=1S/C25H33B2N7O7/c1-4-18-15(2)30-23(21(32-18)22(28)37)31-17-8-5-7-16(13-17)10-11-29-19(35)14-33(3)20(36)9-6-12-34(24(26,38)39)25(27,40)41/h5-9,13,38-41H,4,10-12,14H2,1-3H3,(H2,28,37)(H,29,35)(H,30,31)/b9-6+. The molecule has 0 aliphatic rings. The van der Waals surface area contributed by atoms with Gasteiger partial charge in [0.15, 0.2) is 38.8 Å². The molecule has 2 rings (SSSR count). The number of likely N-dealkylation sites (N-methyl/N-ethyl adjacent to an activating group) is 1. The Labute approximate surface area is 240 Å². The second-order valence-electron chi connectivity index (χ2n) is 9.18. The summed E-state index contributed by atoms with van der Waals surface area (Å²) < 4.78 is 0. The molecule has 1 aromatic carbocycles. The number of nitrogens with one attached hydrogen (secondary N) is 2. The van der Waals surface area contributed by atoms with Gasteiger partial charge in [0.25, 0.3) is 5.91 Å². The van der Waals surface area contributed by atoms with E-state index in [1.165, 1.54) is 7.05 Å². The van der Waals surface area contributed by atoms with Crippen molar-refractivity contribution in [3.8, 4) is 0 Å². The average Bonchev–Trinajstić information content (AvgIpc) is 2.85. The first-order valence-electron chi connectivity index (χ1n) is 12.5. The number of carbonyl (C=O) groups excluding carboxylic acids is 3. The van der Waals surface area contributed by atoms with Gasteiger partial charge in [-0.3, -0.25) is 14.4 Å². The number of aliphatic hydroxyl groups is 4. The molecule has 0 saturated heterocycles. The van der Waals surface area contributed by atoms with Crippen LogP contribution in [-0.2, 0) is 22.4 Å². The van der Waals surface area contributed by atoms with Crippen LogP contribution in [0, 0.1) is 6.92 Å². The van der Waals surface area contributed by atoms with Crippen LogP contribution in [-0.4, -0.2) is 112 Å². The van der Waals surface area contributed by atoms with E-state index in [0.717, 1.165) is 22.6 Å². The molecule has 41 heavy (non-hydrogen) atoms. The normalized spacial score (nSPS) is 12.0. The van der Waals surface area contributed by atoms with Crippen LogP contribution in [0.1, 0.15) is 34.4 Å². The van der Waals surface area contributed by atoms with E-state index in [0.29, 0.717) is 29.9 Å². The van der Waals surface area contributed by atoms with Crippen molar-refractivity contribution >= 4 is 44.9 Å². The van der Waals surface area contributed by atoms with Crippen molar-refractivity contribution in [3.05, 3.63) is 59.1 Å². The second kappa shape index (κ2) is 14.2. The maximum Gasteiger partial charge on any atom is 0.271 e. The second-order valence-corrected chi connectivity index (χ2v) is 9.18. The summed E-state index contributed by atoms with van der Waals surface area (Å²) in [6, 6.07) is 7.27. The highest BCUT2D eigenvalue weighted by molar-refractivity contribution is 6.15. The van der Waals surface area contributed by atoms with Gasteiger partial charge >= 0.3 is 0 Å². The SMILES string of the molecule is [B]C(O)(O)N(C/C=C/C(=O)N(C)CC(=O)NCCc1cccc(Nc2nc(C)c(CC)nc2C(N)=O)c1)C([B])(O)O. The van der Waals surface area contributed by atoms with Crippen LogP contribution in [0.2, 0.25) is 0 Å². The summed E-state index contributed by atoms with van der Waals surface area (Å²) in [7, 11) is 11.4. The maximum atomic E-state index is 12.3. The summed E-state index contributed by atoms with van der Waals surface area (Å²) in [6.07, 6.45) is 3.09. The molecule has 1 aromatic heterocycles. The molecular weight excluding hydrogens is 532 g/mol. The van der Waals surface area contributed by atoms with Gasteiger partial charge in [0.05, 0.1) is 17.9 Å². The fraction of sp³-hybridized carbons (Fsp3) is 0.400. The molecule has 2 aromatic rings. The number of nitrogens with zero attached hydrogens (tertiary/aromatic N) is 4. The Hall–Kier alpha value is -3.82. The molecule has 0 spiro atoms. The van der Waals surface area contributed by atoms with Gasteiger partial charge in [-0.15, -0.1) is 0 Å². The average molecular weight is 565 g/mol. The highest BCUT2D eigenvalue weighted by Gasteiger charge is 2.36. The fourth-order valence-corrected chi connectivity index (χ4v) is 3.68. The lowest BCUT2D eigenvalue weighted by atomic mass is 9.94. The number of amides is 3. The minimum atomic E-state index is -3.17. The fourth-order valence-electron chi connectivity index (χ4n) is 3.68. The largest absolute Gasteiger partial charge is 0.364 e. The monoisotopic (exact) mass is 565 g/mol. The summed E-state index contributed by atoms with van der Waals surface area (Å²) in [6.45, 7) is 3.07. The van der Waals surface area contributed by atoms with Crippen molar-refractivity contribution in [2.24, 2.45) is 5.73 Å². The van der Waals surface area contributed by atoms with E-state index in [1.807, 2.05) is 19.1 Å². The van der Waals surface area contributed by atoms with Gasteiger partial charge in [-0.1, -0.05) is 25.1 Å². The Bertz CT molecular complexity index is 1270. The highest BCUT2D eigenvalue weighted by atomic mass is 16.6. The van der Waals surface area contributed by atoms with E-state index < -0.39 is 35.9 Å². The van der Waals surface area contributed by atoms with E-state index in [1.54, 1.807) is 19.1 Å². The lowest BCUT2D eigenvalue weighted by Crippen LogP contribution is -2.62. The lowest BCUT2D eigenvalue weighted by molar-refractivity contribution is -0.309. The van der Waals surface area contributed by atoms with Crippen LogP contribution >= 0.6 is 0 Å². The molecular formula is C25H33B2N7O7. The van der Waals surface area contributed by atoms with Crippen LogP contribution in [0.4, 0.5) is 11.5 Å². The van der Waals surface area contributed by atoms with Gasteiger partial charge in [-0.05, 0) is 37.5 Å². The van der Waals surface area contributed by atoms with Gasteiger partial charge in [-0.2, -0.15) is 0 Å². The molecule has 0 unspecified atom stereocenters. The third-order valence-electron chi connectivity index (χ3n) is 5.76. The number of primary amides is 1. The summed E-state index contributed by atoms with van der Waals surface area (Å²) in [5.41, 5.74) is 8.41. The predicted octanol–water partition coefficient (Wildman–Crippen LogP) is -2.31. The molecule has 0 fully saturated rings. The summed E-state index contributed by atoms with van der Waals surface area (Å²) in [5, 5.41) is 43.2. The van der Waals surface area contributed by atoms with Gasteiger partial charge in [-0.25, -0.2) is 14.9 Å². The summed E-state index contributed by atoms with van der Waals surface area (Å²) in [4.78, 5) is 46.4. The summed E-state index contributed by atoms with van der Waals surface area (Å²) in [5.74, 6) is -7.86. The zero-order valence-corrected chi connectivity index (χ0v) is 23.0. The van der Waals surface area contributed by atoms with Crippen molar-refractivity contribution in [2.45, 2.75) is 38.3 Å². The van der Waals surface area contributed by atoms with Crippen molar-refractivity contribution in [3.63, 3.8) is 0 Å². The van der Waals surface area contributed by atoms with Gasteiger partial charge in [0.2, 0.25) is 11.8 Å². The molecule has 3 amide bonds. The zero-order chi connectivity index (χ0) is 31.0. The first kappa shape index (κ1) is 33.4. The van der Waals surface area contributed by atoms with Crippen LogP contribution < -0.4 is 16.4 Å². The number of aromatic nitrogens is 2. The van der Waals surface area contributed by atoms with E-state index in [4.69, 9.17) is 21.4 Å². The molecule has 14 nitrogen and oxygen atoms in total. The number of rotatable bonds is 14. The Morgan fingerprint density at radius 2 is 1.78 bits per heavy atom. The molecule has 0 bridgehead atoms. The number of aryl methyl sites for hydroxylation is 2.